The maximum atomic E-state index is 6.19. The van der Waals surface area contributed by atoms with Crippen LogP contribution < -0.4 is 11.1 Å². The molecule has 0 spiro atoms. The largest absolute Gasteiger partial charge is 0.328 e. The van der Waals surface area contributed by atoms with Crippen LogP contribution in [0.3, 0.4) is 0 Å². The molecular formula is C16H34N2. The van der Waals surface area contributed by atoms with E-state index in [1.165, 1.54) is 32.1 Å². The predicted molar refractivity (Wildman–Crippen MR) is 80.7 cm³/mol. The van der Waals surface area contributed by atoms with Crippen LogP contribution in [0.4, 0.5) is 0 Å². The molecule has 1 saturated carbocycles. The van der Waals surface area contributed by atoms with Crippen molar-refractivity contribution < 1.29 is 0 Å². The van der Waals surface area contributed by atoms with E-state index in [1.807, 2.05) is 0 Å². The fraction of sp³-hybridized carbons (Fsp3) is 1.00. The van der Waals surface area contributed by atoms with E-state index >= 15 is 0 Å². The summed E-state index contributed by atoms with van der Waals surface area (Å²) in [7, 11) is 0. The second-order valence-corrected chi connectivity index (χ2v) is 7.58. The number of hydrogen-bond acceptors (Lipinski definition) is 2. The lowest BCUT2D eigenvalue weighted by Gasteiger charge is -2.24. The van der Waals surface area contributed by atoms with Crippen molar-refractivity contribution >= 4 is 0 Å². The molecule has 0 aromatic rings. The van der Waals surface area contributed by atoms with Crippen molar-refractivity contribution in [3.8, 4) is 0 Å². The molecule has 0 bridgehead atoms. The summed E-state index contributed by atoms with van der Waals surface area (Å²) in [5.41, 5.74) is 6.55. The minimum atomic E-state index is 0.349. The van der Waals surface area contributed by atoms with Crippen LogP contribution in [0.5, 0.6) is 0 Å². The van der Waals surface area contributed by atoms with Gasteiger partial charge in [0.2, 0.25) is 0 Å². The zero-order valence-corrected chi connectivity index (χ0v) is 13.0. The molecule has 1 rings (SSSR count). The van der Waals surface area contributed by atoms with E-state index in [-0.39, 0.29) is 0 Å². The molecule has 3 N–H and O–H groups in total. The zero-order valence-electron chi connectivity index (χ0n) is 13.0. The lowest BCUT2D eigenvalue weighted by Crippen LogP contribution is -2.34. The Morgan fingerprint density at radius 2 is 1.89 bits per heavy atom. The fourth-order valence-corrected chi connectivity index (χ4v) is 3.05. The molecule has 3 unspecified atom stereocenters. The highest BCUT2D eigenvalue weighted by Crippen LogP contribution is 2.23. The van der Waals surface area contributed by atoms with Crippen molar-refractivity contribution in [1.29, 1.82) is 0 Å². The summed E-state index contributed by atoms with van der Waals surface area (Å²) in [6.07, 6.45) is 9.16. The summed E-state index contributed by atoms with van der Waals surface area (Å²) >= 11 is 0. The molecule has 0 radical (unpaired) electrons. The number of hydrogen-bond donors (Lipinski definition) is 2. The van der Waals surface area contributed by atoms with Gasteiger partial charge in [-0.3, -0.25) is 0 Å². The summed E-state index contributed by atoms with van der Waals surface area (Å²) in [6, 6.07) is 1.10. The van der Waals surface area contributed by atoms with Gasteiger partial charge in [-0.05, 0) is 50.0 Å². The van der Waals surface area contributed by atoms with Crippen LogP contribution in [0.2, 0.25) is 0 Å². The quantitative estimate of drug-likeness (QED) is 0.734. The van der Waals surface area contributed by atoms with Crippen molar-refractivity contribution in [2.24, 2.45) is 17.1 Å². The number of nitrogens with two attached hydrogens (primary N) is 1. The highest BCUT2D eigenvalue weighted by molar-refractivity contribution is 4.76. The topological polar surface area (TPSA) is 38.0 Å². The summed E-state index contributed by atoms with van der Waals surface area (Å²) in [5, 5.41) is 3.72. The van der Waals surface area contributed by atoms with Crippen molar-refractivity contribution in [2.75, 3.05) is 6.54 Å². The van der Waals surface area contributed by atoms with Gasteiger partial charge in [-0.1, -0.05) is 40.5 Å². The van der Waals surface area contributed by atoms with Crippen molar-refractivity contribution in [2.45, 2.75) is 84.7 Å². The van der Waals surface area contributed by atoms with Crippen LogP contribution in [0.15, 0.2) is 0 Å². The summed E-state index contributed by atoms with van der Waals surface area (Å²) in [6.45, 7) is 10.3. The molecule has 0 amide bonds. The smallest absolute Gasteiger partial charge is 0.00671 e. The van der Waals surface area contributed by atoms with Crippen LogP contribution in [0.1, 0.15) is 72.6 Å². The zero-order chi connectivity index (χ0) is 13.6. The lowest BCUT2D eigenvalue weighted by atomic mass is 9.87. The summed E-state index contributed by atoms with van der Waals surface area (Å²) in [4.78, 5) is 0. The van der Waals surface area contributed by atoms with Gasteiger partial charge in [0.25, 0.3) is 0 Å². The molecule has 2 nitrogen and oxygen atoms in total. The van der Waals surface area contributed by atoms with E-state index in [9.17, 15) is 0 Å². The first-order valence-corrected chi connectivity index (χ1v) is 7.86. The molecule has 0 saturated heterocycles. The van der Waals surface area contributed by atoms with Gasteiger partial charge in [-0.2, -0.15) is 0 Å². The summed E-state index contributed by atoms with van der Waals surface area (Å²) in [5.74, 6) is 0.931. The van der Waals surface area contributed by atoms with E-state index in [4.69, 9.17) is 5.73 Å². The van der Waals surface area contributed by atoms with Gasteiger partial charge in [0.15, 0.2) is 0 Å². The second kappa shape index (κ2) is 7.49. The Kier molecular flexibility index (Phi) is 6.65. The van der Waals surface area contributed by atoms with Crippen LogP contribution in [0, 0.1) is 11.3 Å². The normalized spacial score (nSPS) is 27.8. The molecule has 3 atom stereocenters. The molecule has 1 aliphatic carbocycles. The minimum Gasteiger partial charge on any atom is -0.328 e. The van der Waals surface area contributed by atoms with E-state index in [2.05, 4.69) is 33.0 Å². The van der Waals surface area contributed by atoms with Crippen LogP contribution in [0.25, 0.3) is 0 Å². The molecule has 108 valence electrons. The van der Waals surface area contributed by atoms with Gasteiger partial charge in [0.1, 0.15) is 0 Å². The summed E-state index contributed by atoms with van der Waals surface area (Å²) < 4.78 is 0. The molecule has 0 aromatic carbocycles. The number of rotatable bonds is 5. The molecule has 0 aromatic heterocycles. The highest BCUT2D eigenvalue weighted by atomic mass is 14.9. The van der Waals surface area contributed by atoms with E-state index < -0.39 is 0 Å². The van der Waals surface area contributed by atoms with Crippen molar-refractivity contribution in [3.63, 3.8) is 0 Å². The van der Waals surface area contributed by atoms with E-state index in [0.717, 1.165) is 31.3 Å². The van der Waals surface area contributed by atoms with Gasteiger partial charge < -0.3 is 11.1 Å². The first kappa shape index (κ1) is 16.0. The average Bonchev–Trinajstić information content (AvgIpc) is 2.41. The highest BCUT2D eigenvalue weighted by Gasteiger charge is 2.17. The van der Waals surface area contributed by atoms with Crippen LogP contribution in [-0.4, -0.2) is 18.6 Å². The molecule has 0 aliphatic heterocycles. The Balaban J connectivity index is 2.13. The van der Waals surface area contributed by atoms with E-state index in [1.54, 1.807) is 0 Å². The maximum Gasteiger partial charge on any atom is 0.00671 e. The van der Waals surface area contributed by atoms with E-state index in [0.29, 0.717) is 11.5 Å². The van der Waals surface area contributed by atoms with Crippen LogP contribution >= 0.6 is 0 Å². The van der Waals surface area contributed by atoms with Gasteiger partial charge >= 0.3 is 0 Å². The molecular weight excluding hydrogens is 220 g/mol. The van der Waals surface area contributed by atoms with Gasteiger partial charge in [-0.15, -0.1) is 0 Å². The average molecular weight is 254 g/mol. The monoisotopic (exact) mass is 254 g/mol. The Labute approximate surface area is 114 Å². The SMILES string of the molecule is CC1CCCC(NCCC(N)CC(C)(C)C)CC1. The molecule has 1 aliphatic rings. The molecule has 1 fully saturated rings. The predicted octanol–water partition coefficient (Wildman–Crippen LogP) is 3.70. The van der Waals surface area contributed by atoms with Crippen LogP contribution in [-0.2, 0) is 0 Å². The Hall–Kier alpha value is -0.0800. The third kappa shape index (κ3) is 7.38. The lowest BCUT2D eigenvalue weighted by molar-refractivity contribution is 0.324. The number of nitrogens with one attached hydrogen (secondary N) is 1. The first-order chi connectivity index (χ1) is 8.37. The van der Waals surface area contributed by atoms with Gasteiger partial charge in [0.05, 0.1) is 0 Å². The Morgan fingerprint density at radius 3 is 2.56 bits per heavy atom. The van der Waals surface area contributed by atoms with Crippen molar-refractivity contribution in [1.82, 2.24) is 5.32 Å². The Bertz CT molecular complexity index is 220. The molecule has 2 heteroatoms. The molecule has 0 heterocycles. The Morgan fingerprint density at radius 1 is 1.17 bits per heavy atom. The van der Waals surface area contributed by atoms with Gasteiger partial charge in [-0.25, -0.2) is 0 Å². The third-order valence-corrected chi connectivity index (χ3v) is 4.08. The van der Waals surface area contributed by atoms with Crippen molar-refractivity contribution in [3.05, 3.63) is 0 Å². The fourth-order valence-electron chi connectivity index (χ4n) is 3.05. The molecule has 18 heavy (non-hydrogen) atoms. The first-order valence-electron chi connectivity index (χ1n) is 7.86. The van der Waals surface area contributed by atoms with Gasteiger partial charge in [0, 0.05) is 12.1 Å². The minimum absolute atomic E-state index is 0.349. The third-order valence-electron chi connectivity index (χ3n) is 4.08. The second-order valence-electron chi connectivity index (χ2n) is 7.58. The standard InChI is InChI=1S/C16H34N2/c1-13-6-5-7-15(9-8-13)18-11-10-14(17)12-16(2,3)4/h13-15,18H,5-12,17H2,1-4H3. The maximum absolute atomic E-state index is 6.19.